The van der Waals surface area contributed by atoms with E-state index in [2.05, 4.69) is 33.9 Å². The summed E-state index contributed by atoms with van der Waals surface area (Å²) in [6.45, 7) is 2.19. The SMILES string of the molecule is Cc1cc2s[c]([Sn]([CH3])([CH3])[CH3])cc2s1. The first kappa shape index (κ1) is 9.99. The molecule has 0 radical (unpaired) electrons. The molecular weight excluding hydrogens is 303 g/mol. The van der Waals surface area contributed by atoms with E-state index in [1.165, 1.54) is 14.3 Å². The van der Waals surface area contributed by atoms with E-state index in [4.69, 9.17) is 0 Å². The number of rotatable bonds is 1. The molecule has 0 unspecified atom stereocenters. The Morgan fingerprint density at radius 2 is 1.62 bits per heavy atom. The third-order valence-electron chi connectivity index (χ3n) is 2.07. The molecule has 0 nitrogen and oxygen atoms in total. The molecule has 0 saturated carbocycles. The molecule has 13 heavy (non-hydrogen) atoms. The van der Waals surface area contributed by atoms with Crippen LogP contribution in [0.2, 0.25) is 14.8 Å². The first-order valence-electron chi connectivity index (χ1n) is 4.47. The van der Waals surface area contributed by atoms with Gasteiger partial charge in [-0.25, -0.2) is 0 Å². The maximum atomic E-state index is 2.48. The van der Waals surface area contributed by atoms with Crippen LogP contribution in [0.15, 0.2) is 12.1 Å². The van der Waals surface area contributed by atoms with Gasteiger partial charge in [0.05, 0.1) is 0 Å². The average Bonchev–Trinajstić information content (AvgIpc) is 2.40. The second-order valence-corrected chi connectivity index (χ2v) is 22.2. The molecule has 0 aromatic carbocycles. The van der Waals surface area contributed by atoms with E-state index in [0.29, 0.717) is 0 Å². The maximum absolute atomic E-state index is 2.48. The van der Waals surface area contributed by atoms with Crippen LogP contribution in [0, 0.1) is 6.92 Å². The van der Waals surface area contributed by atoms with Crippen molar-refractivity contribution in [1.82, 2.24) is 0 Å². The molecule has 3 heteroatoms. The van der Waals surface area contributed by atoms with Gasteiger partial charge in [-0.2, -0.15) is 0 Å². The van der Waals surface area contributed by atoms with E-state index in [1.807, 2.05) is 22.7 Å². The molecule has 70 valence electrons. The fourth-order valence-electron chi connectivity index (χ4n) is 1.33. The van der Waals surface area contributed by atoms with Crippen molar-refractivity contribution >= 4 is 53.3 Å². The summed E-state index contributed by atoms with van der Waals surface area (Å²) in [7, 11) is 0. The topological polar surface area (TPSA) is 0 Å². The van der Waals surface area contributed by atoms with Gasteiger partial charge in [0.1, 0.15) is 0 Å². The molecule has 0 N–H and O–H groups in total. The summed E-state index contributed by atoms with van der Waals surface area (Å²) in [5, 5.41) is 0. The Labute approximate surface area is 91.5 Å². The van der Waals surface area contributed by atoms with Gasteiger partial charge in [0.2, 0.25) is 0 Å². The Balaban J connectivity index is 2.57. The van der Waals surface area contributed by atoms with Crippen LogP contribution in [-0.4, -0.2) is 18.4 Å². The number of thiophene rings is 2. The Kier molecular flexibility index (Phi) is 2.49. The molecule has 0 aliphatic carbocycles. The normalized spacial score (nSPS) is 12.6. The zero-order chi connectivity index (χ0) is 9.64. The van der Waals surface area contributed by atoms with Gasteiger partial charge in [-0.3, -0.25) is 0 Å². The fraction of sp³-hybridized carbons (Fsp3) is 0.400. The molecule has 0 saturated heterocycles. The van der Waals surface area contributed by atoms with Gasteiger partial charge in [-0.05, 0) is 0 Å². The molecule has 0 aliphatic rings. The molecule has 0 atom stereocenters. The molecule has 2 heterocycles. The molecule has 0 aliphatic heterocycles. The number of fused-ring (bicyclic) bond motifs is 1. The van der Waals surface area contributed by atoms with Crippen molar-refractivity contribution in [1.29, 1.82) is 0 Å². The zero-order valence-corrected chi connectivity index (χ0v) is 13.0. The van der Waals surface area contributed by atoms with Crippen LogP contribution in [0.25, 0.3) is 9.40 Å². The summed E-state index contributed by atoms with van der Waals surface area (Å²) in [6, 6.07) is 4.76. The number of hydrogen-bond donors (Lipinski definition) is 0. The summed E-state index contributed by atoms with van der Waals surface area (Å²) in [5.41, 5.74) is 0. The monoisotopic (exact) mass is 318 g/mol. The van der Waals surface area contributed by atoms with E-state index >= 15 is 0 Å². The van der Waals surface area contributed by atoms with Gasteiger partial charge in [-0.15, -0.1) is 0 Å². The first-order valence-corrected chi connectivity index (χ1v) is 16.1. The van der Waals surface area contributed by atoms with Crippen molar-refractivity contribution in [2.45, 2.75) is 21.7 Å². The molecule has 0 amide bonds. The van der Waals surface area contributed by atoms with Crippen molar-refractivity contribution in [2.75, 3.05) is 0 Å². The van der Waals surface area contributed by atoms with Crippen LogP contribution in [-0.2, 0) is 0 Å². The average molecular weight is 317 g/mol. The number of aryl methyl sites for hydroxylation is 1. The predicted octanol–water partition coefficient (Wildman–Crippen LogP) is 3.82. The van der Waals surface area contributed by atoms with Gasteiger partial charge < -0.3 is 0 Å². The third kappa shape index (κ3) is 1.95. The molecule has 2 aromatic rings. The van der Waals surface area contributed by atoms with Crippen molar-refractivity contribution in [2.24, 2.45) is 0 Å². The van der Waals surface area contributed by atoms with Crippen LogP contribution >= 0.6 is 22.7 Å². The standard InChI is InChI=1S/C7H5S2.3CH3.Sn/c1-5-4-7-6(9-5)2-3-8-7;;;;/h2,4H,1H3;3*1H3;. The molecule has 2 aromatic heterocycles. The summed E-state index contributed by atoms with van der Waals surface area (Å²) >= 11 is 2.19. The Morgan fingerprint density at radius 3 is 2.15 bits per heavy atom. The Morgan fingerprint density at radius 1 is 1.00 bits per heavy atom. The molecule has 0 fully saturated rings. The summed E-state index contributed by atoms with van der Waals surface area (Å²) in [5.74, 6) is 0. The summed E-state index contributed by atoms with van der Waals surface area (Å²) < 4.78 is 4.71. The van der Waals surface area contributed by atoms with E-state index in [0.717, 1.165) is 0 Å². The molecular formula is C10H14S2Sn. The number of hydrogen-bond acceptors (Lipinski definition) is 2. The van der Waals surface area contributed by atoms with Crippen LogP contribution in [0.1, 0.15) is 4.88 Å². The van der Waals surface area contributed by atoms with E-state index in [9.17, 15) is 0 Å². The Hall–Kier alpha value is 0.459. The minimum atomic E-state index is -1.78. The van der Waals surface area contributed by atoms with Crippen molar-refractivity contribution in [3.63, 3.8) is 0 Å². The van der Waals surface area contributed by atoms with E-state index in [-0.39, 0.29) is 0 Å². The van der Waals surface area contributed by atoms with Crippen molar-refractivity contribution in [3.8, 4) is 0 Å². The van der Waals surface area contributed by atoms with Crippen molar-refractivity contribution in [3.05, 3.63) is 17.0 Å². The van der Waals surface area contributed by atoms with Crippen LogP contribution in [0.4, 0.5) is 0 Å². The summed E-state index contributed by atoms with van der Waals surface area (Å²) in [6.07, 6.45) is 0. The van der Waals surface area contributed by atoms with Crippen LogP contribution in [0.5, 0.6) is 0 Å². The summed E-state index contributed by atoms with van der Waals surface area (Å²) in [4.78, 5) is 8.89. The second-order valence-electron chi connectivity index (χ2n) is 4.45. The third-order valence-corrected chi connectivity index (χ3v) is 13.7. The van der Waals surface area contributed by atoms with Crippen LogP contribution in [0.3, 0.4) is 0 Å². The van der Waals surface area contributed by atoms with Gasteiger partial charge in [0, 0.05) is 0 Å². The van der Waals surface area contributed by atoms with Crippen molar-refractivity contribution < 1.29 is 0 Å². The minimum absolute atomic E-state index is 1.44. The first-order chi connectivity index (χ1) is 5.97. The van der Waals surface area contributed by atoms with E-state index < -0.39 is 18.4 Å². The second kappa shape index (κ2) is 3.24. The van der Waals surface area contributed by atoms with Gasteiger partial charge in [0.25, 0.3) is 0 Å². The zero-order valence-electron chi connectivity index (χ0n) is 8.47. The fourth-order valence-corrected chi connectivity index (χ4v) is 9.21. The molecule has 0 bridgehead atoms. The van der Waals surface area contributed by atoms with Gasteiger partial charge in [0.15, 0.2) is 0 Å². The predicted molar refractivity (Wildman–Crippen MR) is 67.4 cm³/mol. The Bertz CT molecular complexity index is 400. The van der Waals surface area contributed by atoms with Crippen LogP contribution < -0.4 is 2.89 Å². The van der Waals surface area contributed by atoms with Gasteiger partial charge in [-0.1, -0.05) is 0 Å². The molecule has 0 spiro atoms. The quantitative estimate of drug-likeness (QED) is 0.702. The van der Waals surface area contributed by atoms with E-state index in [1.54, 1.807) is 2.89 Å². The van der Waals surface area contributed by atoms with Gasteiger partial charge >= 0.3 is 92.1 Å². The molecule has 2 rings (SSSR count).